The van der Waals surface area contributed by atoms with Gasteiger partial charge >= 0.3 is 0 Å². The predicted molar refractivity (Wildman–Crippen MR) is 69.9 cm³/mol. The van der Waals surface area contributed by atoms with E-state index in [9.17, 15) is 0 Å². The van der Waals surface area contributed by atoms with Crippen molar-refractivity contribution in [3.05, 3.63) is 33.8 Å². The van der Waals surface area contributed by atoms with E-state index in [4.69, 9.17) is 5.73 Å². The molecule has 15 heavy (non-hydrogen) atoms. The lowest BCUT2D eigenvalue weighted by molar-refractivity contribution is 0.580. The lowest BCUT2D eigenvalue weighted by Gasteiger charge is -2.14. The first-order valence-corrected chi connectivity index (χ1v) is 6.46. The summed E-state index contributed by atoms with van der Waals surface area (Å²) < 4.78 is 1.14. The smallest absolute Gasteiger partial charge is 0.0306 e. The molecule has 2 N–H and O–H groups in total. The Morgan fingerprint density at radius 3 is 2.67 bits per heavy atom. The molecule has 1 atom stereocenters. The molecule has 0 bridgehead atoms. The van der Waals surface area contributed by atoms with Crippen molar-refractivity contribution in [1.82, 2.24) is 0 Å². The van der Waals surface area contributed by atoms with Crippen LogP contribution in [0.2, 0.25) is 0 Å². The second-order valence-electron chi connectivity index (χ2n) is 4.13. The lowest BCUT2D eigenvalue weighted by atomic mass is 10.0. The van der Waals surface area contributed by atoms with Gasteiger partial charge in [-0.1, -0.05) is 54.2 Å². The average Bonchev–Trinajstić information content (AvgIpc) is 2.17. The van der Waals surface area contributed by atoms with E-state index < -0.39 is 0 Å². The summed E-state index contributed by atoms with van der Waals surface area (Å²) in [6.07, 6.45) is 4.83. The van der Waals surface area contributed by atoms with E-state index >= 15 is 0 Å². The zero-order valence-electron chi connectivity index (χ0n) is 9.59. The molecule has 0 saturated heterocycles. The largest absolute Gasteiger partial charge is 0.324 e. The molecule has 0 aromatic heterocycles. The van der Waals surface area contributed by atoms with Crippen LogP contribution < -0.4 is 5.73 Å². The second kappa shape index (κ2) is 6.29. The molecule has 0 aliphatic heterocycles. The van der Waals surface area contributed by atoms with Gasteiger partial charge in [-0.3, -0.25) is 0 Å². The molecule has 0 spiro atoms. The highest BCUT2D eigenvalue weighted by molar-refractivity contribution is 9.10. The van der Waals surface area contributed by atoms with Gasteiger partial charge in [-0.25, -0.2) is 0 Å². The van der Waals surface area contributed by atoms with Gasteiger partial charge < -0.3 is 5.73 Å². The van der Waals surface area contributed by atoms with E-state index in [0.29, 0.717) is 0 Å². The second-order valence-corrected chi connectivity index (χ2v) is 4.98. The molecule has 0 aliphatic carbocycles. The molecule has 0 saturated carbocycles. The monoisotopic (exact) mass is 269 g/mol. The first-order valence-electron chi connectivity index (χ1n) is 5.66. The number of nitrogens with two attached hydrogens (primary N) is 1. The molecule has 1 rings (SSSR count). The van der Waals surface area contributed by atoms with Gasteiger partial charge in [0.25, 0.3) is 0 Å². The topological polar surface area (TPSA) is 26.0 Å². The number of aryl methyl sites for hydroxylation is 1. The van der Waals surface area contributed by atoms with Gasteiger partial charge in [0, 0.05) is 10.5 Å². The Morgan fingerprint density at radius 2 is 2.07 bits per heavy atom. The maximum absolute atomic E-state index is 6.16. The number of unbranched alkanes of at least 4 members (excludes halogenated alkanes) is 2. The minimum Gasteiger partial charge on any atom is -0.324 e. The molecule has 1 aromatic carbocycles. The van der Waals surface area contributed by atoms with Crippen LogP contribution in [0.25, 0.3) is 0 Å². The summed E-state index contributed by atoms with van der Waals surface area (Å²) in [5.74, 6) is 0. The van der Waals surface area contributed by atoms with Gasteiger partial charge in [-0.2, -0.15) is 0 Å². The zero-order chi connectivity index (χ0) is 11.3. The standard InChI is InChI=1S/C13H20BrN/c1-3-4-5-6-13(15)11-8-7-10(2)9-12(11)14/h7-9,13H,3-6,15H2,1-2H3/t13-/m1/s1. The molecular formula is C13H20BrN. The van der Waals surface area contributed by atoms with Crippen molar-refractivity contribution >= 4 is 15.9 Å². The number of rotatable bonds is 5. The van der Waals surface area contributed by atoms with Gasteiger partial charge in [0.15, 0.2) is 0 Å². The van der Waals surface area contributed by atoms with E-state index in [1.807, 2.05) is 0 Å². The van der Waals surface area contributed by atoms with Crippen LogP contribution >= 0.6 is 15.9 Å². The molecule has 84 valence electrons. The minimum atomic E-state index is 0.173. The Bertz CT molecular complexity index is 309. The lowest BCUT2D eigenvalue weighted by Crippen LogP contribution is -2.10. The maximum Gasteiger partial charge on any atom is 0.0306 e. The molecule has 0 aliphatic rings. The van der Waals surface area contributed by atoms with Crippen LogP contribution in [-0.2, 0) is 0 Å². The number of hydrogen-bond acceptors (Lipinski definition) is 1. The molecular weight excluding hydrogens is 250 g/mol. The summed E-state index contributed by atoms with van der Waals surface area (Å²) in [5.41, 5.74) is 8.66. The number of benzene rings is 1. The molecule has 0 fully saturated rings. The van der Waals surface area contributed by atoms with Crippen molar-refractivity contribution in [2.75, 3.05) is 0 Å². The Kier molecular flexibility index (Phi) is 5.34. The summed E-state index contributed by atoms with van der Waals surface area (Å²) in [5, 5.41) is 0. The third-order valence-electron chi connectivity index (χ3n) is 2.67. The van der Waals surface area contributed by atoms with Gasteiger partial charge in [0.1, 0.15) is 0 Å². The van der Waals surface area contributed by atoms with Gasteiger partial charge in [-0.15, -0.1) is 0 Å². The molecule has 0 amide bonds. The van der Waals surface area contributed by atoms with Crippen LogP contribution in [0.5, 0.6) is 0 Å². The fourth-order valence-electron chi connectivity index (χ4n) is 1.70. The van der Waals surface area contributed by atoms with E-state index in [1.165, 1.54) is 30.4 Å². The third-order valence-corrected chi connectivity index (χ3v) is 3.36. The van der Waals surface area contributed by atoms with Crippen LogP contribution in [0, 0.1) is 6.92 Å². The fraction of sp³-hybridized carbons (Fsp3) is 0.538. The normalized spacial score (nSPS) is 12.8. The highest BCUT2D eigenvalue weighted by Crippen LogP contribution is 2.26. The molecule has 0 radical (unpaired) electrons. The van der Waals surface area contributed by atoms with Crippen LogP contribution in [-0.4, -0.2) is 0 Å². The maximum atomic E-state index is 6.16. The van der Waals surface area contributed by atoms with Crippen LogP contribution in [0.15, 0.2) is 22.7 Å². The highest BCUT2D eigenvalue weighted by Gasteiger charge is 2.09. The third kappa shape index (κ3) is 3.96. The van der Waals surface area contributed by atoms with Crippen molar-refractivity contribution in [3.63, 3.8) is 0 Å². The van der Waals surface area contributed by atoms with Crippen molar-refractivity contribution in [1.29, 1.82) is 0 Å². The van der Waals surface area contributed by atoms with E-state index in [0.717, 1.165) is 10.9 Å². The van der Waals surface area contributed by atoms with Crippen molar-refractivity contribution in [2.45, 2.75) is 45.6 Å². The van der Waals surface area contributed by atoms with E-state index in [1.54, 1.807) is 0 Å². The predicted octanol–water partition coefficient (Wildman–Crippen LogP) is 4.34. The van der Waals surface area contributed by atoms with E-state index in [2.05, 4.69) is 48.0 Å². The summed E-state index contributed by atoms with van der Waals surface area (Å²) in [6.45, 7) is 4.31. The molecule has 1 nitrogen and oxygen atoms in total. The molecule has 0 unspecified atom stereocenters. The molecule has 2 heteroatoms. The number of halogens is 1. The summed E-state index contributed by atoms with van der Waals surface area (Å²) in [6, 6.07) is 6.57. The molecule has 1 aromatic rings. The van der Waals surface area contributed by atoms with Crippen molar-refractivity contribution in [3.8, 4) is 0 Å². The highest BCUT2D eigenvalue weighted by atomic mass is 79.9. The van der Waals surface area contributed by atoms with Gasteiger partial charge in [0.2, 0.25) is 0 Å². The van der Waals surface area contributed by atoms with Crippen LogP contribution in [0.3, 0.4) is 0 Å². The van der Waals surface area contributed by atoms with E-state index in [-0.39, 0.29) is 6.04 Å². The zero-order valence-corrected chi connectivity index (χ0v) is 11.2. The average molecular weight is 270 g/mol. The van der Waals surface area contributed by atoms with Crippen LogP contribution in [0.4, 0.5) is 0 Å². The minimum absolute atomic E-state index is 0.173. The van der Waals surface area contributed by atoms with Gasteiger partial charge in [0.05, 0.1) is 0 Å². The van der Waals surface area contributed by atoms with Crippen molar-refractivity contribution < 1.29 is 0 Å². The quantitative estimate of drug-likeness (QED) is 0.791. The molecule has 0 heterocycles. The Hall–Kier alpha value is -0.340. The summed E-state index contributed by atoms with van der Waals surface area (Å²) in [4.78, 5) is 0. The Morgan fingerprint density at radius 1 is 1.33 bits per heavy atom. The van der Waals surface area contributed by atoms with Crippen LogP contribution in [0.1, 0.15) is 49.8 Å². The fourth-order valence-corrected chi connectivity index (χ4v) is 2.49. The number of hydrogen-bond donors (Lipinski definition) is 1. The summed E-state index contributed by atoms with van der Waals surface area (Å²) >= 11 is 3.58. The Balaban J connectivity index is 2.61. The first kappa shape index (κ1) is 12.7. The summed E-state index contributed by atoms with van der Waals surface area (Å²) in [7, 11) is 0. The first-order chi connectivity index (χ1) is 7.15. The van der Waals surface area contributed by atoms with Crippen molar-refractivity contribution in [2.24, 2.45) is 5.73 Å². The SMILES string of the molecule is CCCCC[C@@H](N)c1ccc(C)cc1Br. The van der Waals surface area contributed by atoms with Gasteiger partial charge in [-0.05, 0) is 30.5 Å². The Labute approximate surface area is 101 Å².